The van der Waals surface area contributed by atoms with E-state index < -0.39 is 5.97 Å². The molecule has 0 amide bonds. The van der Waals surface area contributed by atoms with Crippen molar-refractivity contribution in [2.45, 2.75) is 53.1 Å². The van der Waals surface area contributed by atoms with Gasteiger partial charge in [-0.3, -0.25) is 0 Å². The van der Waals surface area contributed by atoms with Gasteiger partial charge in [0, 0.05) is 4.70 Å². The van der Waals surface area contributed by atoms with Gasteiger partial charge < -0.3 is 9.84 Å². The number of fused-ring (bicyclic) bond motifs is 2. The fourth-order valence-electron chi connectivity index (χ4n) is 5.39. The molecule has 1 fully saturated rings. The van der Waals surface area contributed by atoms with Crippen molar-refractivity contribution in [1.29, 1.82) is 0 Å². The number of pyridine rings is 1. The SMILES string of the molecule is Cc1c(-c2cc(C(=O)O)c3c(OC4CC(C)CC(C)C4)ccc(C)c3n2)sc2ccccc12. The molecule has 5 rings (SSSR count). The Balaban J connectivity index is 1.67. The number of hydrogen-bond donors (Lipinski definition) is 1. The molecule has 4 aromatic rings. The van der Waals surface area contributed by atoms with Crippen LogP contribution in [0.1, 0.15) is 54.6 Å². The van der Waals surface area contributed by atoms with Crippen molar-refractivity contribution in [3.63, 3.8) is 0 Å². The van der Waals surface area contributed by atoms with Crippen molar-refractivity contribution in [2.24, 2.45) is 11.8 Å². The largest absolute Gasteiger partial charge is 0.490 e. The zero-order chi connectivity index (χ0) is 23.3. The molecule has 2 atom stereocenters. The first-order valence-electron chi connectivity index (χ1n) is 11.6. The summed E-state index contributed by atoms with van der Waals surface area (Å²) in [5.41, 5.74) is 3.75. The number of aromatic nitrogens is 1. The van der Waals surface area contributed by atoms with E-state index in [1.165, 1.54) is 16.5 Å². The summed E-state index contributed by atoms with van der Waals surface area (Å²) in [6.07, 6.45) is 3.30. The molecule has 0 saturated heterocycles. The van der Waals surface area contributed by atoms with Crippen molar-refractivity contribution in [3.8, 4) is 16.3 Å². The third kappa shape index (κ3) is 3.99. The van der Waals surface area contributed by atoms with Crippen molar-refractivity contribution in [2.75, 3.05) is 0 Å². The van der Waals surface area contributed by atoms with Crippen molar-refractivity contribution in [3.05, 3.63) is 59.2 Å². The molecule has 33 heavy (non-hydrogen) atoms. The van der Waals surface area contributed by atoms with E-state index in [9.17, 15) is 9.90 Å². The molecule has 0 aliphatic heterocycles. The minimum absolute atomic E-state index is 0.0980. The Labute approximate surface area is 198 Å². The molecule has 4 nitrogen and oxygen atoms in total. The fourth-order valence-corrected chi connectivity index (χ4v) is 6.56. The molecular weight excluding hydrogens is 430 g/mol. The zero-order valence-corrected chi connectivity index (χ0v) is 20.3. The van der Waals surface area contributed by atoms with Crippen LogP contribution in [0.3, 0.4) is 0 Å². The number of carbonyl (C=O) groups is 1. The Hall–Kier alpha value is -2.92. The van der Waals surface area contributed by atoms with Crippen molar-refractivity contribution < 1.29 is 14.6 Å². The van der Waals surface area contributed by atoms with Gasteiger partial charge in [-0.2, -0.15) is 0 Å². The number of carboxylic acid groups (broad SMARTS) is 1. The van der Waals surface area contributed by atoms with E-state index in [0.29, 0.717) is 34.2 Å². The second kappa shape index (κ2) is 8.45. The maximum atomic E-state index is 12.4. The molecule has 1 saturated carbocycles. The number of hydrogen-bond acceptors (Lipinski definition) is 4. The highest BCUT2D eigenvalue weighted by molar-refractivity contribution is 7.22. The van der Waals surface area contributed by atoms with E-state index in [1.54, 1.807) is 17.4 Å². The molecular formula is C28H29NO3S. The Bertz CT molecular complexity index is 1360. The number of thiophene rings is 1. The number of aromatic carboxylic acids is 1. The van der Waals surface area contributed by atoms with Crippen molar-refractivity contribution in [1.82, 2.24) is 4.98 Å². The topological polar surface area (TPSA) is 59.4 Å². The summed E-state index contributed by atoms with van der Waals surface area (Å²) in [5, 5.41) is 12.0. The first kappa shape index (κ1) is 21.9. The molecule has 1 N–H and O–H groups in total. The highest BCUT2D eigenvalue weighted by Crippen LogP contribution is 2.41. The average Bonchev–Trinajstić information content (AvgIpc) is 3.11. The van der Waals surface area contributed by atoms with E-state index in [2.05, 4.69) is 32.9 Å². The standard InChI is InChI=1S/C28H29NO3S/c1-15-11-16(2)13-19(12-15)32-23-10-9-17(3)26-25(23)21(28(30)31)14-22(29-26)27-18(4)20-7-5-6-8-24(20)33-27/h5-10,14-16,19H,11-13H2,1-4H3,(H,30,31). The Kier molecular flexibility index (Phi) is 5.61. The third-order valence-electron chi connectivity index (χ3n) is 6.86. The summed E-state index contributed by atoms with van der Waals surface area (Å²) >= 11 is 1.66. The highest BCUT2D eigenvalue weighted by Gasteiger charge is 2.27. The minimum Gasteiger partial charge on any atom is -0.490 e. The van der Waals surface area contributed by atoms with Crippen LogP contribution in [0.25, 0.3) is 31.6 Å². The Morgan fingerprint density at radius 1 is 1.06 bits per heavy atom. The van der Waals surface area contributed by atoms with Gasteiger partial charge in [0.15, 0.2) is 0 Å². The van der Waals surface area contributed by atoms with E-state index >= 15 is 0 Å². The smallest absolute Gasteiger partial charge is 0.336 e. The molecule has 0 spiro atoms. The summed E-state index contributed by atoms with van der Waals surface area (Å²) in [6, 6.07) is 13.9. The number of benzene rings is 2. The van der Waals surface area contributed by atoms with Crippen LogP contribution in [0.5, 0.6) is 5.75 Å². The summed E-state index contributed by atoms with van der Waals surface area (Å²) in [4.78, 5) is 18.4. The summed E-state index contributed by atoms with van der Waals surface area (Å²) in [6.45, 7) is 8.60. The first-order valence-corrected chi connectivity index (χ1v) is 12.5. The van der Waals surface area contributed by atoms with Crippen LogP contribution in [-0.2, 0) is 0 Å². The van der Waals surface area contributed by atoms with Gasteiger partial charge in [-0.1, -0.05) is 38.1 Å². The normalized spacial score (nSPS) is 20.9. The Morgan fingerprint density at radius 3 is 2.48 bits per heavy atom. The summed E-state index contributed by atoms with van der Waals surface area (Å²) < 4.78 is 7.65. The van der Waals surface area contributed by atoms with Crippen LogP contribution in [0.4, 0.5) is 0 Å². The number of nitrogens with zero attached hydrogens (tertiary/aromatic N) is 1. The van der Waals surface area contributed by atoms with Gasteiger partial charge in [-0.25, -0.2) is 9.78 Å². The van der Waals surface area contributed by atoms with Gasteiger partial charge in [0.25, 0.3) is 0 Å². The van der Waals surface area contributed by atoms with Gasteiger partial charge in [0.2, 0.25) is 0 Å². The fraction of sp³-hybridized carbons (Fsp3) is 0.357. The lowest BCUT2D eigenvalue weighted by molar-refractivity contribution is 0.0697. The van der Waals surface area contributed by atoms with E-state index in [1.807, 2.05) is 31.2 Å². The van der Waals surface area contributed by atoms with Gasteiger partial charge in [0.05, 0.1) is 33.1 Å². The lowest BCUT2D eigenvalue weighted by Crippen LogP contribution is -2.28. The van der Waals surface area contributed by atoms with Gasteiger partial charge in [-0.15, -0.1) is 11.3 Å². The van der Waals surface area contributed by atoms with Crippen LogP contribution in [0.2, 0.25) is 0 Å². The van der Waals surface area contributed by atoms with Crippen molar-refractivity contribution >= 4 is 38.3 Å². The van der Waals surface area contributed by atoms with Crippen LogP contribution in [-0.4, -0.2) is 22.2 Å². The molecule has 1 aliphatic carbocycles. The first-order chi connectivity index (χ1) is 15.8. The zero-order valence-electron chi connectivity index (χ0n) is 19.5. The Morgan fingerprint density at radius 2 is 1.79 bits per heavy atom. The molecule has 5 heteroatoms. The number of rotatable bonds is 4. The van der Waals surface area contributed by atoms with E-state index in [4.69, 9.17) is 9.72 Å². The predicted octanol–water partition coefficient (Wildman–Crippen LogP) is 7.64. The second-order valence-electron chi connectivity index (χ2n) is 9.67. The van der Waals surface area contributed by atoms with Gasteiger partial charge >= 0.3 is 5.97 Å². The van der Waals surface area contributed by atoms with Gasteiger partial charge in [-0.05, 0) is 79.7 Å². The molecule has 1 aliphatic rings. The van der Waals surface area contributed by atoms with Crippen LogP contribution in [0, 0.1) is 25.7 Å². The molecule has 2 aromatic heterocycles. The molecule has 0 bridgehead atoms. The predicted molar refractivity (Wildman–Crippen MR) is 136 cm³/mol. The number of ether oxygens (including phenoxy) is 1. The molecule has 2 heterocycles. The quantitative estimate of drug-likeness (QED) is 0.341. The van der Waals surface area contributed by atoms with Crippen LogP contribution in [0.15, 0.2) is 42.5 Å². The average molecular weight is 460 g/mol. The van der Waals surface area contributed by atoms with Crippen LogP contribution < -0.4 is 4.74 Å². The monoisotopic (exact) mass is 459 g/mol. The lowest BCUT2D eigenvalue weighted by Gasteiger charge is -2.32. The minimum atomic E-state index is -0.955. The van der Waals surface area contributed by atoms with E-state index in [0.717, 1.165) is 28.8 Å². The maximum absolute atomic E-state index is 12.4. The molecule has 2 aromatic carbocycles. The molecule has 170 valence electrons. The molecule has 2 unspecified atom stereocenters. The highest BCUT2D eigenvalue weighted by atomic mass is 32.1. The summed E-state index contributed by atoms with van der Waals surface area (Å²) in [5.74, 6) is 0.889. The number of carboxylic acids is 1. The van der Waals surface area contributed by atoms with Crippen LogP contribution >= 0.6 is 11.3 Å². The third-order valence-corrected chi connectivity index (χ3v) is 8.16. The second-order valence-corrected chi connectivity index (χ2v) is 10.7. The maximum Gasteiger partial charge on any atom is 0.336 e. The molecule has 0 radical (unpaired) electrons. The number of aryl methyl sites for hydroxylation is 2. The summed E-state index contributed by atoms with van der Waals surface area (Å²) in [7, 11) is 0. The van der Waals surface area contributed by atoms with Gasteiger partial charge in [0.1, 0.15) is 5.75 Å². The van der Waals surface area contributed by atoms with E-state index in [-0.39, 0.29) is 11.7 Å². The lowest BCUT2D eigenvalue weighted by atomic mass is 9.82.